The number of nitrogens with one attached hydrogen (secondary N) is 1. The smallest absolute Gasteiger partial charge is 0.326 e. The molecule has 1 saturated heterocycles. The van der Waals surface area contributed by atoms with Gasteiger partial charge in [-0.25, -0.2) is 4.79 Å². The minimum absolute atomic E-state index is 0.146. The van der Waals surface area contributed by atoms with Crippen LogP contribution in [0.3, 0.4) is 0 Å². The minimum Gasteiger partial charge on any atom is -0.481 e. The summed E-state index contributed by atoms with van der Waals surface area (Å²) in [5.74, 6) is -2.96. The third-order valence-corrected chi connectivity index (χ3v) is 5.69. The van der Waals surface area contributed by atoms with Gasteiger partial charge in [-0.1, -0.05) is 30.3 Å². The number of para-hydroxylation sites is 1. The highest BCUT2D eigenvalue weighted by Crippen LogP contribution is 2.33. The van der Waals surface area contributed by atoms with Crippen molar-refractivity contribution < 1.29 is 54.5 Å². The molecule has 194 valence electrons. The number of carbonyl (C=O) groups is 3. The molecule has 2 aromatic rings. The molecule has 1 amide bonds. The predicted octanol–water partition coefficient (Wildman–Crippen LogP) is -0.420. The number of amides is 1. The number of rotatable bonds is 10. The predicted molar refractivity (Wildman–Crippen MR) is 122 cm³/mol. The Bertz CT molecular complexity index is 1070. The van der Waals surface area contributed by atoms with Gasteiger partial charge in [0.15, 0.2) is 0 Å². The van der Waals surface area contributed by atoms with Gasteiger partial charge in [0.2, 0.25) is 6.29 Å². The van der Waals surface area contributed by atoms with Crippen molar-refractivity contribution in [3.8, 4) is 16.9 Å². The van der Waals surface area contributed by atoms with Crippen LogP contribution in [0.1, 0.15) is 23.2 Å². The summed E-state index contributed by atoms with van der Waals surface area (Å²) in [6, 6.07) is 11.4. The second kappa shape index (κ2) is 11.9. The molecule has 7 N–H and O–H groups in total. The second-order valence-corrected chi connectivity index (χ2v) is 8.19. The van der Waals surface area contributed by atoms with Crippen molar-refractivity contribution in [2.75, 3.05) is 6.61 Å². The highest BCUT2D eigenvalue weighted by Gasteiger charge is 2.44. The molecule has 1 heterocycles. The Kier molecular flexibility index (Phi) is 8.96. The molecule has 1 aliphatic heterocycles. The van der Waals surface area contributed by atoms with Crippen LogP contribution >= 0.6 is 0 Å². The summed E-state index contributed by atoms with van der Waals surface area (Å²) >= 11 is 0. The average Bonchev–Trinajstić information content (AvgIpc) is 2.86. The Morgan fingerprint density at radius 2 is 1.61 bits per heavy atom. The Labute approximate surface area is 205 Å². The van der Waals surface area contributed by atoms with Gasteiger partial charge in [-0.15, -0.1) is 0 Å². The zero-order valence-corrected chi connectivity index (χ0v) is 18.9. The number of carboxylic acids is 2. The fourth-order valence-corrected chi connectivity index (χ4v) is 3.67. The standard InChI is InChI=1S/C24H27NO11/c26-11-17-19(29)20(30)21(31)24(36-17)35-16-4-2-1-3-14(16)12-5-7-13(8-6-12)22(32)25-15(23(33)34)9-10-18(27)28/h1-8,15,17,19-21,24,26,29-31H,9-11H2,(H,25,32)(H,27,28)(H,33,34)/t15?,17-,19-,20+,21+,24+/m1/s1. The number of aliphatic hydroxyl groups is 4. The molecule has 0 saturated carbocycles. The zero-order valence-electron chi connectivity index (χ0n) is 18.9. The van der Waals surface area contributed by atoms with Crippen LogP contribution in [0.15, 0.2) is 48.5 Å². The van der Waals surface area contributed by atoms with Crippen molar-refractivity contribution in [3.63, 3.8) is 0 Å². The number of hydrogen-bond acceptors (Lipinski definition) is 9. The van der Waals surface area contributed by atoms with Crippen molar-refractivity contribution in [1.29, 1.82) is 0 Å². The Hall–Kier alpha value is -3.55. The van der Waals surface area contributed by atoms with Crippen LogP contribution in [0.2, 0.25) is 0 Å². The van der Waals surface area contributed by atoms with E-state index in [0.717, 1.165) is 0 Å². The van der Waals surface area contributed by atoms with E-state index in [1.54, 1.807) is 36.4 Å². The number of hydrogen-bond donors (Lipinski definition) is 7. The summed E-state index contributed by atoms with van der Waals surface area (Å²) in [6.07, 6.45) is -7.92. The van der Waals surface area contributed by atoms with Gasteiger partial charge in [0.25, 0.3) is 5.91 Å². The van der Waals surface area contributed by atoms with Gasteiger partial charge in [0.05, 0.1) is 6.61 Å². The van der Waals surface area contributed by atoms with Gasteiger partial charge in [0, 0.05) is 17.5 Å². The van der Waals surface area contributed by atoms with Gasteiger partial charge in [0.1, 0.15) is 36.2 Å². The summed E-state index contributed by atoms with van der Waals surface area (Å²) in [6.45, 7) is -0.602. The molecular formula is C24H27NO11. The molecule has 0 aliphatic carbocycles. The number of aliphatic carboxylic acids is 2. The van der Waals surface area contributed by atoms with E-state index in [1.165, 1.54) is 12.1 Å². The number of aliphatic hydroxyl groups excluding tert-OH is 4. The molecule has 1 aliphatic rings. The molecule has 3 rings (SSSR count). The first kappa shape index (κ1) is 27.0. The molecule has 0 bridgehead atoms. The van der Waals surface area contributed by atoms with Crippen LogP contribution in [0, 0.1) is 0 Å². The highest BCUT2D eigenvalue weighted by atomic mass is 16.7. The SMILES string of the molecule is O=C(O)CCC(NC(=O)c1ccc(-c2ccccc2O[C@H]2O[C@H](CO)[C@@H](O)[C@H](O)[C@@H]2O)cc1)C(=O)O. The van der Waals surface area contributed by atoms with Crippen molar-refractivity contribution >= 4 is 17.8 Å². The molecule has 0 radical (unpaired) electrons. The van der Waals surface area contributed by atoms with Crippen molar-refractivity contribution in [1.82, 2.24) is 5.32 Å². The van der Waals surface area contributed by atoms with E-state index in [1.807, 2.05) is 0 Å². The maximum absolute atomic E-state index is 12.5. The van der Waals surface area contributed by atoms with E-state index in [2.05, 4.69) is 5.32 Å². The Morgan fingerprint density at radius 3 is 2.22 bits per heavy atom. The van der Waals surface area contributed by atoms with Crippen LogP contribution in [-0.2, 0) is 14.3 Å². The van der Waals surface area contributed by atoms with Gasteiger partial charge < -0.3 is 45.4 Å². The molecule has 1 fully saturated rings. The maximum Gasteiger partial charge on any atom is 0.326 e. The largest absolute Gasteiger partial charge is 0.481 e. The van der Waals surface area contributed by atoms with Crippen molar-refractivity contribution in [3.05, 3.63) is 54.1 Å². The number of carbonyl (C=O) groups excluding carboxylic acids is 1. The van der Waals surface area contributed by atoms with Crippen LogP contribution in [0.5, 0.6) is 5.75 Å². The number of carboxylic acid groups (broad SMARTS) is 2. The van der Waals surface area contributed by atoms with Crippen molar-refractivity contribution in [2.24, 2.45) is 0 Å². The van der Waals surface area contributed by atoms with Gasteiger partial charge in [-0.05, 0) is 30.2 Å². The third kappa shape index (κ3) is 6.36. The lowest BCUT2D eigenvalue weighted by atomic mass is 9.99. The Balaban J connectivity index is 1.75. The first-order valence-corrected chi connectivity index (χ1v) is 11.0. The second-order valence-electron chi connectivity index (χ2n) is 8.19. The highest BCUT2D eigenvalue weighted by molar-refractivity contribution is 5.97. The lowest BCUT2D eigenvalue weighted by molar-refractivity contribution is -0.277. The van der Waals surface area contributed by atoms with E-state index < -0.39 is 67.6 Å². The number of benzene rings is 2. The molecule has 2 aromatic carbocycles. The molecule has 1 unspecified atom stereocenters. The van der Waals surface area contributed by atoms with E-state index in [-0.39, 0.29) is 17.7 Å². The summed E-state index contributed by atoms with van der Waals surface area (Å²) in [5, 5.41) is 59.8. The van der Waals surface area contributed by atoms with E-state index in [0.29, 0.717) is 11.1 Å². The topological polar surface area (TPSA) is 203 Å². The first-order valence-electron chi connectivity index (χ1n) is 11.0. The summed E-state index contributed by atoms with van der Waals surface area (Å²) in [4.78, 5) is 34.5. The first-order chi connectivity index (χ1) is 17.1. The van der Waals surface area contributed by atoms with E-state index in [9.17, 15) is 39.9 Å². The normalized spacial score (nSPS) is 24.5. The number of ether oxygens (including phenoxy) is 2. The molecule has 36 heavy (non-hydrogen) atoms. The molecule has 12 nitrogen and oxygen atoms in total. The van der Waals surface area contributed by atoms with E-state index in [4.69, 9.17) is 14.6 Å². The summed E-state index contributed by atoms with van der Waals surface area (Å²) < 4.78 is 11.2. The van der Waals surface area contributed by atoms with Gasteiger partial charge in [-0.3, -0.25) is 9.59 Å². The fraction of sp³-hybridized carbons (Fsp3) is 0.375. The molecular weight excluding hydrogens is 478 g/mol. The Morgan fingerprint density at radius 1 is 0.944 bits per heavy atom. The summed E-state index contributed by atoms with van der Waals surface area (Å²) in [7, 11) is 0. The van der Waals surface area contributed by atoms with Gasteiger partial charge >= 0.3 is 11.9 Å². The quantitative estimate of drug-likeness (QED) is 0.221. The molecule has 6 atom stereocenters. The lowest BCUT2D eigenvalue weighted by Crippen LogP contribution is -2.60. The zero-order chi connectivity index (χ0) is 26.4. The van der Waals surface area contributed by atoms with Gasteiger partial charge in [-0.2, -0.15) is 0 Å². The molecule has 0 aromatic heterocycles. The molecule has 12 heteroatoms. The third-order valence-electron chi connectivity index (χ3n) is 5.69. The van der Waals surface area contributed by atoms with Crippen LogP contribution < -0.4 is 10.1 Å². The monoisotopic (exact) mass is 505 g/mol. The lowest BCUT2D eigenvalue weighted by Gasteiger charge is -2.39. The molecule has 0 spiro atoms. The van der Waals surface area contributed by atoms with Crippen LogP contribution in [0.4, 0.5) is 0 Å². The average molecular weight is 505 g/mol. The fourth-order valence-electron chi connectivity index (χ4n) is 3.67. The van der Waals surface area contributed by atoms with Crippen LogP contribution in [-0.4, -0.2) is 91.8 Å². The van der Waals surface area contributed by atoms with Crippen LogP contribution in [0.25, 0.3) is 11.1 Å². The van der Waals surface area contributed by atoms with E-state index >= 15 is 0 Å². The summed E-state index contributed by atoms with van der Waals surface area (Å²) in [5.41, 5.74) is 1.27. The minimum atomic E-state index is -1.60. The maximum atomic E-state index is 12.5. The van der Waals surface area contributed by atoms with Crippen molar-refractivity contribution in [2.45, 2.75) is 49.6 Å².